The molecule has 0 aliphatic heterocycles. The summed E-state index contributed by atoms with van der Waals surface area (Å²) in [4.78, 5) is 0. The van der Waals surface area contributed by atoms with Gasteiger partial charge in [-0.15, -0.1) is 5.73 Å². The van der Waals surface area contributed by atoms with E-state index in [0.717, 1.165) is 11.8 Å². The van der Waals surface area contributed by atoms with Crippen molar-refractivity contribution in [3.63, 3.8) is 0 Å². The van der Waals surface area contributed by atoms with Crippen LogP contribution >= 0.6 is 0 Å². The second-order valence-electron chi connectivity index (χ2n) is 5.62. The quantitative estimate of drug-likeness (QED) is 0.400. The fourth-order valence-corrected chi connectivity index (χ4v) is 2.47. The molecule has 0 bridgehead atoms. The molecule has 0 aromatic rings. The Morgan fingerprint density at radius 1 is 1.00 bits per heavy atom. The first-order valence-corrected chi connectivity index (χ1v) is 7.49. The predicted octanol–water partition coefficient (Wildman–Crippen LogP) is 6.13. The van der Waals surface area contributed by atoms with E-state index in [4.69, 9.17) is 0 Å². The highest BCUT2D eigenvalue weighted by molar-refractivity contribution is 4.93. The molecule has 0 N–H and O–H groups in total. The van der Waals surface area contributed by atoms with Crippen molar-refractivity contribution in [3.8, 4) is 0 Å². The number of hydrogen-bond acceptors (Lipinski definition) is 0. The van der Waals surface area contributed by atoms with E-state index in [0.29, 0.717) is 0 Å². The Kier molecular flexibility index (Phi) is 10.4. The lowest BCUT2D eigenvalue weighted by atomic mass is 9.88. The molecule has 0 spiro atoms. The Labute approximate surface area is 109 Å². The molecule has 0 aromatic carbocycles. The molecule has 0 nitrogen and oxygen atoms in total. The molecule has 0 rings (SSSR count). The average molecular weight is 236 g/mol. The highest BCUT2D eigenvalue weighted by Gasteiger charge is 2.09. The Balaban J connectivity index is 3.78. The average Bonchev–Trinajstić information content (AvgIpc) is 2.33. The third-order valence-electron chi connectivity index (χ3n) is 3.78. The van der Waals surface area contributed by atoms with Gasteiger partial charge in [0.25, 0.3) is 0 Å². The van der Waals surface area contributed by atoms with Crippen molar-refractivity contribution in [2.24, 2.45) is 11.8 Å². The van der Waals surface area contributed by atoms with Gasteiger partial charge in [-0.2, -0.15) is 0 Å². The molecule has 0 aliphatic carbocycles. The fourth-order valence-electron chi connectivity index (χ4n) is 2.47. The zero-order valence-corrected chi connectivity index (χ0v) is 12.5. The Morgan fingerprint density at radius 2 is 1.59 bits per heavy atom. The van der Waals surface area contributed by atoms with E-state index < -0.39 is 0 Å². The molecule has 0 fully saturated rings. The largest absolute Gasteiger partial charge is 0.130 e. The minimum absolute atomic E-state index is 0.856. The summed E-state index contributed by atoms with van der Waals surface area (Å²) in [7, 11) is 0. The van der Waals surface area contributed by atoms with Gasteiger partial charge in [0, 0.05) is 0 Å². The zero-order valence-electron chi connectivity index (χ0n) is 12.5. The first-order valence-electron chi connectivity index (χ1n) is 7.49. The molecule has 100 valence electrons. The standard InChI is InChI=1S/C17H32/c1-6-9-17(10-7-2)14-13-16(5)12-11-15(4)8-3/h16-17H,3,6-7,9-14H2,1-2,4-5H3. The van der Waals surface area contributed by atoms with Crippen LogP contribution in [0.15, 0.2) is 17.9 Å². The molecular formula is C17H32. The highest BCUT2D eigenvalue weighted by Crippen LogP contribution is 2.24. The lowest BCUT2D eigenvalue weighted by molar-refractivity contribution is 0.355. The van der Waals surface area contributed by atoms with Gasteiger partial charge >= 0.3 is 0 Å². The summed E-state index contributed by atoms with van der Waals surface area (Å²) in [5.74, 6) is 1.83. The van der Waals surface area contributed by atoms with Gasteiger partial charge in [-0.05, 0) is 37.2 Å². The van der Waals surface area contributed by atoms with Gasteiger partial charge in [-0.25, -0.2) is 0 Å². The van der Waals surface area contributed by atoms with Crippen LogP contribution in [0.1, 0.15) is 79.1 Å². The molecule has 17 heavy (non-hydrogen) atoms. The number of allylic oxidation sites excluding steroid dienone is 1. The van der Waals surface area contributed by atoms with Crippen molar-refractivity contribution >= 4 is 0 Å². The topological polar surface area (TPSA) is 0 Å². The van der Waals surface area contributed by atoms with E-state index in [1.54, 1.807) is 0 Å². The molecule has 0 aromatic heterocycles. The molecular weight excluding hydrogens is 204 g/mol. The monoisotopic (exact) mass is 236 g/mol. The van der Waals surface area contributed by atoms with Crippen LogP contribution in [0.2, 0.25) is 0 Å². The summed E-state index contributed by atoms with van der Waals surface area (Å²) in [6.45, 7) is 12.8. The zero-order chi connectivity index (χ0) is 13.1. The van der Waals surface area contributed by atoms with Crippen LogP contribution in [0, 0.1) is 11.8 Å². The van der Waals surface area contributed by atoms with Gasteiger partial charge < -0.3 is 0 Å². The van der Waals surface area contributed by atoms with Crippen molar-refractivity contribution in [2.45, 2.75) is 79.1 Å². The molecule has 1 atom stereocenters. The summed E-state index contributed by atoms with van der Waals surface area (Å²) in [6, 6.07) is 0. The maximum atomic E-state index is 3.70. The Hall–Kier alpha value is -0.480. The molecule has 0 saturated heterocycles. The summed E-state index contributed by atoms with van der Waals surface area (Å²) < 4.78 is 0. The third kappa shape index (κ3) is 9.24. The maximum Gasteiger partial charge on any atom is -0.0244 e. The summed E-state index contributed by atoms with van der Waals surface area (Å²) in [6.07, 6.45) is 10.8. The van der Waals surface area contributed by atoms with Crippen molar-refractivity contribution < 1.29 is 0 Å². The maximum absolute atomic E-state index is 3.70. The number of hydrogen-bond donors (Lipinski definition) is 0. The second-order valence-corrected chi connectivity index (χ2v) is 5.62. The first kappa shape index (κ1) is 16.5. The third-order valence-corrected chi connectivity index (χ3v) is 3.78. The smallest absolute Gasteiger partial charge is 0.0244 e. The SMILES string of the molecule is C=C=C(C)CCC(C)CCC(CCC)CCC. The molecule has 0 heteroatoms. The molecule has 0 radical (unpaired) electrons. The fraction of sp³-hybridized carbons (Fsp3) is 0.824. The molecule has 0 amide bonds. The first-order chi connectivity index (χ1) is 8.13. The van der Waals surface area contributed by atoms with Gasteiger partial charge in [0.15, 0.2) is 0 Å². The van der Waals surface area contributed by atoms with Gasteiger partial charge in [0.05, 0.1) is 0 Å². The summed E-state index contributed by atoms with van der Waals surface area (Å²) >= 11 is 0. The number of rotatable bonds is 10. The van der Waals surface area contributed by atoms with Crippen LogP contribution in [0.25, 0.3) is 0 Å². The summed E-state index contributed by atoms with van der Waals surface area (Å²) in [5, 5.41) is 0. The molecule has 0 aliphatic rings. The Morgan fingerprint density at radius 3 is 2.06 bits per heavy atom. The Bertz CT molecular complexity index is 214. The van der Waals surface area contributed by atoms with Crippen molar-refractivity contribution in [3.05, 3.63) is 17.9 Å². The minimum Gasteiger partial charge on any atom is -0.130 e. The normalized spacial score (nSPS) is 12.5. The van der Waals surface area contributed by atoms with Crippen molar-refractivity contribution in [2.75, 3.05) is 0 Å². The minimum atomic E-state index is 0.856. The highest BCUT2D eigenvalue weighted by atomic mass is 14.2. The van der Waals surface area contributed by atoms with Gasteiger partial charge in [-0.3, -0.25) is 0 Å². The molecule has 1 unspecified atom stereocenters. The lowest BCUT2D eigenvalue weighted by Crippen LogP contribution is -2.04. The van der Waals surface area contributed by atoms with Crippen LogP contribution in [-0.4, -0.2) is 0 Å². The van der Waals surface area contributed by atoms with E-state index in [2.05, 4.69) is 40.0 Å². The van der Waals surface area contributed by atoms with Gasteiger partial charge in [0.1, 0.15) is 0 Å². The predicted molar refractivity (Wildman–Crippen MR) is 79.3 cm³/mol. The lowest BCUT2D eigenvalue weighted by Gasteiger charge is -2.18. The van der Waals surface area contributed by atoms with E-state index in [1.807, 2.05) is 0 Å². The van der Waals surface area contributed by atoms with Crippen molar-refractivity contribution in [1.29, 1.82) is 0 Å². The van der Waals surface area contributed by atoms with E-state index in [-0.39, 0.29) is 0 Å². The van der Waals surface area contributed by atoms with E-state index >= 15 is 0 Å². The van der Waals surface area contributed by atoms with Crippen LogP contribution < -0.4 is 0 Å². The van der Waals surface area contributed by atoms with Crippen LogP contribution in [0.3, 0.4) is 0 Å². The second kappa shape index (κ2) is 10.7. The van der Waals surface area contributed by atoms with Crippen molar-refractivity contribution in [1.82, 2.24) is 0 Å². The molecule has 0 heterocycles. The van der Waals surface area contributed by atoms with E-state index in [1.165, 1.54) is 56.9 Å². The van der Waals surface area contributed by atoms with E-state index in [9.17, 15) is 0 Å². The van der Waals surface area contributed by atoms with Crippen LogP contribution in [-0.2, 0) is 0 Å². The summed E-state index contributed by atoms with van der Waals surface area (Å²) in [5.41, 5.74) is 4.31. The van der Waals surface area contributed by atoms with Gasteiger partial charge in [-0.1, -0.05) is 65.9 Å². The van der Waals surface area contributed by atoms with Crippen LogP contribution in [0.5, 0.6) is 0 Å². The van der Waals surface area contributed by atoms with Gasteiger partial charge in [0.2, 0.25) is 0 Å². The van der Waals surface area contributed by atoms with Crippen LogP contribution in [0.4, 0.5) is 0 Å². The molecule has 0 saturated carbocycles.